The second kappa shape index (κ2) is 6.92. The van der Waals surface area contributed by atoms with Crippen LogP contribution in [-0.4, -0.2) is 31.1 Å². The summed E-state index contributed by atoms with van der Waals surface area (Å²) in [6.07, 6.45) is 3.90. The van der Waals surface area contributed by atoms with Crippen molar-refractivity contribution in [1.29, 1.82) is 0 Å². The molecule has 106 valence electrons. The van der Waals surface area contributed by atoms with Crippen LogP contribution in [0.25, 0.3) is 0 Å². The Balaban J connectivity index is 2.05. The zero-order chi connectivity index (χ0) is 13.7. The third kappa shape index (κ3) is 3.48. The van der Waals surface area contributed by atoms with E-state index >= 15 is 0 Å². The van der Waals surface area contributed by atoms with Gasteiger partial charge in [-0.25, -0.2) is 0 Å². The fraction of sp³-hybridized carbons (Fsp3) is 0.625. The van der Waals surface area contributed by atoms with Gasteiger partial charge < -0.3 is 10.5 Å². The monoisotopic (exact) mass is 262 g/mol. The highest BCUT2D eigenvalue weighted by Crippen LogP contribution is 2.30. The molecular formula is C16H26N2O. The van der Waals surface area contributed by atoms with Crippen molar-refractivity contribution in [2.75, 3.05) is 20.2 Å². The molecule has 1 fully saturated rings. The summed E-state index contributed by atoms with van der Waals surface area (Å²) in [5.41, 5.74) is 7.23. The van der Waals surface area contributed by atoms with Gasteiger partial charge in [0.05, 0.1) is 7.11 Å². The number of nitrogens with two attached hydrogens (primary N) is 1. The highest BCUT2D eigenvalue weighted by molar-refractivity contribution is 5.28. The minimum absolute atomic E-state index is 0.654. The van der Waals surface area contributed by atoms with Crippen LogP contribution in [0.2, 0.25) is 0 Å². The van der Waals surface area contributed by atoms with Crippen molar-refractivity contribution >= 4 is 0 Å². The first-order chi connectivity index (χ1) is 9.28. The molecule has 19 heavy (non-hydrogen) atoms. The molecule has 0 heterocycles. The Morgan fingerprint density at radius 1 is 1.37 bits per heavy atom. The van der Waals surface area contributed by atoms with Crippen LogP contribution < -0.4 is 10.5 Å². The Morgan fingerprint density at radius 3 is 2.89 bits per heavy atom. The van der Waals surface area contributed by atoms with E-state index in [1.54, 1.807) is 7.11 Å². The van der Waals surface area contributed by atoms with Crippen LogP contribution in [0.5, 0.6) is 5.75 Å². The number of methoxy groups -OCH3 is 1. The minimum atomic E-state index is 0.654. The zero-order valence-electron chi connectivity index (χ0n) is 12.1. The minimum Gasteiger partial charge on any atom is -0.497 e. The van der Waals surface area contributed by atoms with Crippen LogP contribution >= 0.6 is 0 Å². The van der Waals surface area contributed by atoms with Crippen LogP contribution in [0.3, 0.4) is 0 Å². The van der Waals surface area contributed by atoms with Crippen molar-refractivity contribution in [3.05, 3.63) is 29.8 Å². The van der Waals surface area contributed by atoms with Gasteiger partial charge in [0.2, 0.25) is 0 Å². The highest BCUT2D eigenvalue weighted by Gasteiger charge is 2.30. The zero-order valence-corrected chi connectivity index (χ0v) is 12.1. The van der Waals surface area contributed by atoms with Crippen molar-refractivity contribution in [2.45, 2.75) is 38.8 Å². The highest BCUT2D eigenvalue weighted by atomic mass is 16.5. The second-order valence-electron chi connectivity index (χ2n) is 5.41. The maximum atomic E-state index is 5.91. The number of ether oxygens (including phenoxy) is 1. The Bertz CT molecular complexity index is 394. The summed E-state index contributed by atoms with van der Waals surface area (Å²) in [4.78, 5) is 2.57. The van der Waals surface area contributed by atoms with Crippen molar-refractivity contribution < 1.29 is 4.74 Å². The molecule has 2 atom stereocenters. The van der Waals surface area contributed by atoms with Crippen LogP contribution in [0.15, 0.2) is 24.3 Å². The van der Waals surface area contributed by atoms with Gasteiger partial charge in [-0.2, -0.15) is 0 Å². The van der Waals surface area contributed by atoms with Crippen molar-refractivity contribution in [1.82, 2.24) is 4.90 Å². The average molecular weight is 262 g/mol. The van der Waals surface area contributed by atoms with Crippen LogP contribution in [0, 0.1) is 5.92 Å². The summed E-state index contributed by atoms with van der Waals surface area (Å²) in [5, 5.41) is 0. The van der Waals surface area contributed by atoms with Gasteiger partial charge in [-0.15, -0.1) is 0 Å². The molecule has 3 nitrogen and oxygen atoms in total. The van der Waals surface area contributed by atoms with E-state index in [4.69, 9.17) is 10.5 Å². The summed E-state index contributed by atoms with van der Waals surface area (Å²) in [5.74, 6) is 1.61. The lowest BCUT2D eigenvalue weighted by molar-refractivity contribution is 0.162. The van der Waals surface area contributed by atoms with E-state index in [0.717, 1.165) is 25.4 Å². The molecule has 2 N–H and O–H groups in total. The van der Waals surface area contributed by atoms with E-state index in [1.165, 1.54) is 24.8 Å². The number of nitrogens with zero attached hydrogens (tertiary/aromatic N) is 1. The second-order valence-corrected chi connectivity index (χ2v) is 5.41. The maximum absolute atomic E-state index is 5.91. The fourth-order valence-corrected chi connectivity index (χ4v) is 3.24. The number of rotatable bonds is 6. The van der Waals surface area contributed by atoms with Gasteiger partial charge in [0.15, 0.2) is 0 Å². The van der Waals surface area contributed by atoms with Crippen molar-refractivity contribution in [3.63, 3.8) is 0 Å². The predicted octanol–water partition coefficient (Wildman–Crippen LogP) is 2.64. The van der Waals surface area contributed by atoms with Crippen LogP contribution in [0.1, 0.15) is 31.7 Å². The Kier molecular flexibility index (Phi) is 5.23. The summed E-state index contributed by atoms with van der Waals surface area (Å²) in [6, 6.07) is 9.03. The first kappa shape index (κ1) is 14.4. The first-order valence-corrected chi connectivity index (χ1v) is 7.35. The molecule has 1 aliphatic carbocycles. The molecule has 0 aliphatic heterocycles. The van der Waals surface area contributed by atoms with E-state index in [0.29, 0.717) is 12.0 Å². The standard InChI is InChI=1S/C16H26N2O/c1-3-18(16-9-5-7-14(16)11-17)12-13-6-4-8-15(10-13)19-2/h4,6,8,10,14,16H,3,5,7,9,11-12,17H2,1-2H3. The molecule has 1 saturated carbocycles. The molecule has 2 unspecified atom stereocenters. The molecule has 3 heteroatoms. The van der Waals surface area contributed by atoms with Crippen LogP contribution in [-0.2, 0) is 6.54 Å². The third-order valence-electron chi connectivity index (χ3n) is 4.32. The third-order valence-corrected chi connectivity index (χ3v) is 4.32. The van der Waals surface area contributed by atoms with E-state index in [1.807, 2.05) is 6.07 Å². The molecular weight excluding hydrogens is 236 g/mol. The number of hydrogen-bond acceptors (Lipinski definition) is 3. The van der Waals surface area contributed by atoms with Gasteiger partial charge in [0, 0.05) is 12.6 Å². The molecule has 1 aromatic rings. The van der Waals surface area contributed by atoms with Gasteiger partial charge in [-0.3, -0.25) is 4.90 Å². The van der Waals surface area contributed by atoms with Crippen molar-refractivity contribution in [3.8, 4) is 5.75 Å². The topological polar surface area (TPSA) is 38.5 Å². The molecule has 0 saturated heterocycles. The largest absolute Gasteiger partial charge is 0.497 e. The van der Waals surface area contributed by atoms with E-state index in [2.05, 4.69) is 30.0 Å². The summed E-state index contributed by atoms with van der Waals surface area (Å²) >= 11 is 0. The molecule has 0 spiro atoms. The maximum Gasteiger partial charge on any atom is 0.119 e. The lowest BCUT2D eigenvalue weighted by atomic mass is 10.0. The molecule has 2 rings (SSSR count). The van der Waals surface area contributed by atoms with E-state index < -0.39 is 0 Å². The molecule has 0 bridgehead atoms. The molecule has 0 aromatic heterocycles. The SMILES string of the molecule is CCN(Cc1cccc(OC)c1)C1CCCC1CN. The van der Waals surface area contributed by atoms with Crippen LogP contribution in [0.4, 0.5) is 0 Å². The Morgan fingerprint density at radius 2 is 2.21 bits per heavy atom. The van der Waals surface area contributed by atoms with Gasteiger partial charge in [0.1, 0.15) is 5.75 Å². The number of benzene rings is 1. The smallest absolute Gasteiger partial charge is 0.119 e. The predicted molar refractivity (Wildman–Crippen MR) is 79.3 cm³/mol. The van der Waals surface area contributed by atoms with Gasteiger partial charge >= 0.3 is 0 Å². The number of hydrogen-bond donors (Lipinski definition) is 1. The Labute approximate surface area is 116 Å². The molecule has 0 amide bonds. The quantitative estimate of drug-likeness (QED) is 0.856. The lowest BCUT2D eigenvalue weighted by Crippen LogP contribution is -2.39. The Hall–Kier alpha value is -1.06. The lowest BCUT2D eigenvalue weighted by Gasteiger charge is -2.31. The summed E-state index contributed by atoms with van der Waals surface area (Å²) in [7, 11) is 1.72. The van der Waals surface area contributed by atoms with Gasteiger partial charge in [-0.1, -0.05) is 25.5 Å². The van der Waals surface area contributed by atoms with Gasteiger partial charge in [-0.05, 0) is 49.5 Å². The van der Waals surface area contributed by atoms with E-state index in [-0.39, 0.29) is 0 Å². The summed E-state index contributed by atoms with van der Waals surface area (Å²) < 4.78 is 5.30. The van der Waals surface area contributed by atoms with Crippen molar-refractivity contribution in [2.24, 2.45) is 11.7 Å². The fourth-order valence-electron chi connectivity index (χ4n) is 3.24. The molecule has 1 aromatic carbocycles. The van der Waals surface area contributed by atoms with Gasteiger partial charge in [0.25, 0.3) is 0 Å². The van der Waals surface area contributed by atoms with E-state index in [9.17, 15) is 0 Å². The normalized spacial score (nSPS) is 22.9. The first-order valence-electron chi connectivity index (χ1n) is 7.35. The summed E-state index contributed by atoms with van der Waals surface area (Å²) in [6.45, 7) is 5.14. The molecule has 1 aliphatic rings. The average Bonchev–Trinajstić information content (AvgIpc) is 2.93. The molecule has 0 radical (unpaired) electrons.